The Morgan fingerprint density at radius 3 is 2.32 bits per heavy atom. The van der Waals surface area contributed by atoms with E-state index in [0.29, 0.717) is 40.4 Å². The van der Waals surface area contributed by atoms with Gasteiger partial charge in [0.25, 0.3) is 0 Å². The Balaban J connectivity index is 1.63. The molecule has 0 fully saturated rings. The van der Waals surface area contributed by atoms with Gasteiger partial charge in [0, 0.05) is 6.54 Å². The van der Waals surface area contributed by atoms with Crippen LogP contribution in [0.4, 0.5) is 0 Å². The topological polar surface area (TPSA) is 110 Å². The van der Waals surface area contributed by atoms with Crippen LogP contribution in [0.3, 0.4) is 0 Å². The van der Waals surface area contributed by atoms with Crippen molar-refractivity contribution in [2.45, 2.75) is 11.7 Å². The lowest BCUT2D eigenvalue weighted by molar-refractivity contribution is -0.118. The number of hydrogen-bond acceptors (Lipinski definition) is 9. The average Bonchev–Trinajstić information content (AvgIpc) is 3.28. The lowest BCUT2D eigenvalue weighted by atomic mass is 10.2. The van der Waals surface area contributed by atoms with Gasteiger partial charge in [0.2, 0.25) is 16.8 Å². The van der Waals surface area contributed by atoms with Gasteiger partial charge in [-0.05, 0) is 40.3 Å². The molecule has 0 aliphatic rings. The van der Waals surface area contributed by atoms with Gasteiger partial charge < -0.3 is 24.3 Å². The predicted molar refractivity (Wildman–Crippen MR) is 114 cm³/mol. The molecule has 0 radical (unpaired) electrons. The molecule has 10 nitrogen and oxygen atoms in total. The molecule has 1 N–H and O–H groups in total. The Kier molecular flexibility index (Phi) is 7.55. The molecule has 3 aromatic rings. The van der Waals surface area contributed by atoms with Crippen LogP contribution in [0.1, 0.15) is 5.56 Å². The van der Waals surface area contributed by atoms with Crippen LogP contribution in [-0.4, -0.2) is 60.3 Å². The first-order chi connectivity index (χ1) is 15.1. The van der Waals surface area contributed by atoms with E-state index in [9.17, 15) is 4.79 Å². The van der Waals surface area contributed by atoms with Crippen molar-refractivity contribution in [3.8, 4) is 28.7 Å². The second-order valence-electron chi connectivity index (χ2n) is 6.14. The zero-order chi connectivity index (χ0) is 22.2. The lowest BCUT2D eigenvalue weighted by Crippen LogP contribution is -2.24. The number of nitrogens with zero attached hydrogens (tertiary/aromatic N) is 4. The van der Waals surface area contributed by atoms with Gasteiger partial charge >= 0.3 is 0 Å². The number of rotatable bonds is 10. The molecule has 0 aliphatic heterocycles. The molecule has 31 heavy (non-hydrogen) atoms. The van der Waals surface area contributed by atoms with E-state index in [1.165, 1.54) is 23.6 Å². The van der Waals surface area contributed by atoms with Crippen LogP contribution in [0.25, 0.3) is 5.69 Å². The maximum Gasteiger partial charge on any atom is 0.230 e. The van der Waals surface area contributed by atoms with E-state index in [1.54, 1.807) is 33.5 Å². The molecular weight excluding hydrogens is 422 g/mol. The summed E-state index contributed by atoms with van der Waals surface area (Å²) in [5.74, 6) is 2.14. The first-order valence-electron chi connectivity index (χ1n) is 9.21. The van der Waals surface area contributed by atoms with E-state index in [-0.39, 0.29) is 11.7 Å². The molecule has 0 spiro atoms. The fraction of sp³-hybridized carbons (Fsp3) is 0.300. The first kappa shape index (κ1) is 22.2. The zero-order valence-corrected chi connectivity index (χ0v) is 18.4. The van der Waals surface area contributed by atoms with Gasteiger partial charge in [0.1, 0.15) is 11.4 Å². The van der Waals surface area contributed by atoms with Gasteiger partial charge in [-0.1, -0.05) is 23.9 Å². The number of para-hydroxylation sites is 2. The minimum absolute atomic E-state index is 0.139. The molecule has 0 saturated carbocycles. The van der Waals surface area contributed by atoms with Crippen LogP contribution in [-0.2, 0) is 11.3 Å². The Morgan fingerprint density at radius 1 is 1.00 bits per heavy atom. The van der Waals surface area contributed by atoms with Gasteiger partial charge in [-0.25, -0.2) is 0 Å². The highest BCUT2D eigenvalue weighted by atomic mass is 32.2. The van der Waals surface area contributed by atoms with Crippen molar-refractivity contribution in [3.63, 3.8) is 0 Å². The largest absolute Gasteiger partial charge is 0.494 e. The van der Waals surface area contributed by atoms with Crippen LogP contribution in [0.5, 0.6) is 23.0 Å². The minimum atomic E-state index is -0.173. The molecule has 3 rings (SSSR count). The first-order valence-corrected chi connectivity index (χ1v) is 10.2. The van der Waals surface area contributed by atoms with Crippen molar-refractivity contribution in [3.05, 3.63) is 42.0 Å². The SMILES string of the molecule is COc1ccccc1-n1nnnc1SCC(=O)NCc1cc(OC)c(OC)c(OC)c1. The van der Waals surface area contributed by atoms with E-state index in [4.69, 9.17) is 18.9 Å². The lowest BCUT2D eigenvalue weighted by Gasteiger charge is -2.14. The Morgan fingerprint density at radius 2 is 1.68 bits per heavy atom. The number of thioether (sulfide) groups is 1. The molecule has 1 heterocycles. The number of amides is 1. The highest BCUT2D eigenvalue weighted by Crippen LogP contribution is 2.38. The van der Waals surface area contributed by atoms with Crippen LogP contribution >= 0.6 is 11.8 Å². The molecule has 0 saturated heterocycles. The number of carbonyl (C=O) groups is 1. The summed E-state index contributed by atoms with van der Waals surface area (Å²) in [6.45, 7) is 0.299. The van der Waals surface area contributed by atoms with E-state index in [2.05, 4.69) is 20.8 Å². The molecule has 164 valence electrons. The number of hydrogen-bond donors (Lipinski definition) is 1. The Hall–Kier alpha value is -3.47. The van der Waals surface area contributed by atoms with Crippen LogP contribution in [0, 0.1) is 0 Å². The van der Waals surface area contributed by atoms with Crippen LogP contribution in [0.2, 0.25) is 0 Å². The smallest absolute Gasteiger partial charge is 0.230 e. The second kappa shape index (κ2) is 10.5. The summed E-state index contributed by atoms with van der Waals surface area (Å²) in [5, 5.41) is 15.1. The molecular formula is C20H23N5O5S. The number of methoxy groups -OCH3 is 4. The standard InChI is InChI=1S/C20H23N5O5S/c1-27-15-8-6-5-7-14(15)25-20(22-23-24-25)31-12-18(26)21-11-13-9-16(28-2)19(30-4)17(10-13)29-3/h5-10H,11-12H2,1-4H3,(H,21,26). The maximum atomic E-state index is 12.4. The fourth-order valence-corrected chi connectivity index (χ4v) is 3.56. The van der Waals surface area contributed by atoms with Crippen molar-refractivity contribution in [2.75, 3.05) is 34.2 Å². The third-order valence-corrected chi connectivity index (χ3v) is 5.22. The highest BCUT2D eigenvalue weighted by Gasteiger charge is 2.16. The highest BCUT2D eigenvalue weighted by molar-refractivity contribution is 7.99. The number of benzene rings is 2. The maximum absolute atomic E-state index is 12.4. The summed E-state index contributed by atoms with van der Waals surface area (Å²) < 4.78 is 22.9. The monoisotopic (exact) mass is 445 g/mol. The molecule has 1 amide bonds. The number of nitrogens with one attached hydrogen (secondary N) is 1. The number of tetrazole rings is 1. The van der Waals surface area contributed by atoms with E-state index < -0.39 is 0 Å². The molecule has 11 heteroatoms. The van der Waals surface area contributed by atoms with E-state index in [1.807, 2.05) is 24.3 Å². The molecule has 0 unspecified atom stereocenters. The van der Waals surface area contributed by atoms with Crippen molar-refractivity contribution in [2.24, 2.45) is 0 Å². The van der Waals surface area contributed by atoms with Gasteiger partial charge in [0.15, 0.2) is 11.5 Å². The summed E-state index contributed by atoms with van der Waals surface area (Å²) in [6.07, 6.45) is 0. The molecule has 2 aromatic carbocycles. The molecule has 0 bridgehead atoms. The quantitative estimate of drug-likeness (QED) is 0.469. The van der Waals surface area contributed by atoms with Gasteiger partial charge in [-0.3, -0.25) is 4.79 Å². The van der Waals surface area contributed by atoms with Crippen LogP contribution < -0.4 is 24.3 Å². The average molecular weight is 446 g/mol. The van der Waals surface area contributed by atoms with Gasteiger partial charge in [0.05, 0.1) is 34.2 Å². The summed E-state index contributed by atoms with van der Waals surface area (Å²) in [6, 6.07) is 10.9. The Bertz CT molecular complexity index is 1020. The zero-order valence-electron chi connectivity index (χ0n) is 17.6. The number of ether oxygens (including phenoxy) is 4. The number of carbonyl (C=O) groups excluding carboxylic acids is 1. The fourth-order valence-electron chi connectivity index (χ4n) is 2.84. The number of aromatic nitrogens is 4. The van der Waals surface area contributed by atoms with Gasteiger partial charge in [-0.15, -0.1) is 5.10 Å². The van der Waals surface area contributed by atoms with Gasteiger partial charge in [-0.2, -0.15) is 4.68 Å². The summed E-state index contributed by atoms with van der Waals surface area (Å²) in [5.41, 5.74) is 1.50. The van der Waals surface area contributed by atoms with Crippen LogP contribution in [0.15, 0.2) is 41.6 Å². The van der Waals surface area contributed by atoms with Crippen molar-refractivity contribution in [1.82, 2.24) is 25.5 Å². The third kappa shape index (κ3) is 5.18. The Labute approximate surface area is 183 Å². The summed E-state index contributed by atoms with van der Waals surface area (Å²) in [7, 11) is 6.20. The summed E-state index contributed by atoms with van der Waals surface area (Å²) >= 11 is 1.22. The third-order valence-electron chi connectivity index (χ3n) is 4.30. The molecule has 0 aliphatic carbocycles. The van der Waals surface area contributed by atoms with Crippen molar-refractivity contribution in [1.29, 1.82) is 0 Å². The second-order valence-corrected chi connectivity index (χ2v) is 7.09. The minimum Gasteiger partial charge on any atom is -0.494 e. The summed E-state index contributed by atoms with van der Waals surface area (Å²) in [4.78, 5) is 12.4. The van der Waals surface area contributed by atoms with E-state index in [0.717, 1.165) is 5.56 Å². The molecule has 1 aromatic heterocycles. The molecule has 0 atom stereocenters. The van der Waals surface area contributed by atoms with E-state index >= 15 is 0 Å². The normalized spacial score (nSPS) is 10.5. The van der Waals surface area contributed by atoms with Crippen molar-refractivity contribution < 1.29 is 23.7 Å². The predicted octanol–water partition coefficient (Wildman–Crippen LogP) is 2.11. The van der Waals surface area contributed by atoms with Crippen molar-refractivity contribution >= 4 is 17.7 Å².